The number of hydrogen-bond acceptors (Lipinski definition) is 7. The molecule has 0 aromatic heterocycles. The summed E-state index contributed by atoms with van der Waals surface area (Å²) in [7, 11) is 1.85. The Hall–Kier alpha value is -1.87. The first kappa shape index (κ1) is 21.4. The second kappa shape index (κ2) is 9.09. The Morgan fingerprint density at radius 2 is 2.13 bits per heavy atom. The molecule has 0 aliphatic carbocycles. The Bertz CT molecular complexity index is 927. The zero-order valence-corrected chi connectivity index (χ0v) is 18.8. The van der Waals surface area contributed by atoms with Gasteiger partial charge in [0, 0.05) is 44.2 Å². The number of hydrogen-bond donors (Lipinski definition) is 3. The van der Waals surface area contributed by atoms with Crippen LogP contribution in [-0.2, 0) is 6.54 Å². The van der Waals surface area contributed by atoms with Gasteiger partial charge in [-0.3, -0.25) is 4.90 Å². The van der Waals surface area contributed by atoms with Crippen molar-refractivity contribution in [3.8, 4) is 0 Å². The average Bonchev–Trinajstić information content (AvgIpc) is 3.39. The van der Waals surface area contributed by atoms with Crippen LogP contribution >= 0.6 is 23.7 Å². The number of aryl methyl sites for hydroxylation is 1. The number of likely N-dealkylation sites (N-methyl/N-ethyl adjacent to an activating group) is 1. The highest BCUT2D eigenvalue weighted by Gasteiger charge is 2.40. The van der Waals surface area contributed by atoms with Gasteiger partial charge in [-0.1, -0.05) is 30.3 Å². The first-order valence-electron chi connectivity index (χ1n) is 9.96. The Kier molecular flexibility index (Phi) is 6.48. The summed E-state index contributed by atoms with van der Waals surface area (Å²) in [6.07, 6.45) is 0.618. The van der Waals surface area contributed by atoms with E-state index < -0.39 is 5.72 Å². The molecule has 1 unspecified atom stereocenters. The van der Waals surface area contributed by atoms with Crippen molar-refractivity contribution >= 4 is 29.4 Å². The van der Waals surface area contributed by atoms with Crippen molar-refractivity contribution in [2.75, 3.05) is 30.9 Å². The number of nitrogens with zero attached hydrogens (tertiary/aromatic N) is 2. The van der Waals surface area contributed by atoms with E-state index in [4.69, 9.17) is 0 Å². The molecule has 30 heavy (non-hydrogen) atoms. The van der Waals surface area contributed by atoms with E-state index in [1.54, 1.807) is 11.8 Å². The SMILES string of the molecule is Cc1cc(SNC2=CSCN2)c(F)cc1N(C)C1(O)CCN(Cc2ccccc2)C1. The second-order valence-corrected chi connectivity index (χ2v) is 9.49. The van der Waals surface area contributed by atoms with Crippen LogP contribution in [0.1, 0.15) is 17.5 Å². The minimum atomic E-state index is -1.02. The van der Waals surface area contributed by atoms with E-state index in [-0.39, 0.29) is 5.82 Å². The number of rotatable bonds is 7. The minimum absolute atomic E-state index is 0.297. The normalized spacial score (nSPS) is 21.4. The molecule has 2 aliphatic rings. The minimum Gasteiger partial charge on any atom is -0.369 e. The maximum Gasteiger partial charge on any atom is 0.151 e. The van der Waals surface area contributed by atoms with Gasteiger partial charge in [-0.05, 0) is 42.1 Å². The third-order valence-electron chi connectivity index (χ3n) is 5.61. The van der Waals surface area contributed by atoms with Crippen molar-refractivity contribution in [2.24, 2.45) is 0 Å². The molecule has 0 radical (unpaired) electrons. The van der Waals surface area contributed by atoms with E-state index in [2.05, 4.69) is 27.1 Å². The van der Waals surface area contributed by atoms with Crippen molar-refractivity contribution in [1.29, 1.82) is 0 Å². The zero-order valence-electron chi connectivity index (χ0n) is 17.2. The third-order valence-corrected chi connectivity index (χ3v) is 7.18. The van der Waals surface area contributed by atoms with Gasteiger partial charge < -0.3 is 20.0 Å². The van der Waals surface area contributed by atoms with Gasteiger partial charge in [0.1, 0.15) is 11.6 Å². The van der Waals surface area contributed by atoms with Crippen molar-refractivity contribution in [1.82, 2.24) is 14.9 Å². The van der Waals surface area contributed by atoms with Crippen LogP contribution in [0.4, 0.5) is 10.1 Å². The molecular weight excluding hydrogens is 419 g/mol. The Morgan fingerprint density at radius 1 is 1.33 bits per heavy atom. The highest BCUT2D eigenvalue weighted by molar-refractivity contribution is 8.02. The summed E-state index contributed by atoms with van der Waals surface area (Å²) < 4.78 is 18.0. The monoisotopic (exact) mass is 446 g/mol. The number of anilines is 1. The lowest BCUT2D eigenvalue weighted by Gasteiger charge is -2.37. The number of thioether (sulfide) groups is 1. The second-order valence-electron chi connectivity index (χ2n) is 7.78. The van der Waals surface area contributed by atoms with Crippen molar-refractivity contribution in [2.45, 2.75) is 30.5 Å². The molecule has 160 valence electrons. The maximum absolute atomic E-state index is 14.8. The van der Waals surface area contributed by atoms with Crippen LogP contribution in [0.15, 0.2) is 58.6 Å². The van der Waals surface area contributed by atoms with Crippen LogP contribution in [0.3, 0.4) is 0 Å². The summed E-state index contributed by atoms with van der Waals surface area (Å²) >= 11 is 2.92. The van der Waals surface area contributed by atoms with Gasteiger partial charge >= 0.3 is 0 Å². The van der Waals surface area contributed by atoms with E-state index in [0.717, 1.165) is 36.0 Å². The van der Waals surface area contributed by atoms with Gasteiger partial charge in [0.2, 0.25) is 0 Å². The summed E-state index contributed by atoms with van der Waals surface area (Å²) in [5.74, 6) is 1.42. The van der Waals surface area contributed by atoms with Gasteiger partial charge in [0.05, 0.1) is 10.8 Å². The fourth-order valence-electron chi connectivity index (χ4n) is 3.87. The van der Waals surface area contributed by atoms with E-state index >= 15 is 0 Å². The number of likely N-dealkylation sites (tertiary alicyclic amines) is 1. The topological polar surface area (TPSA) is 50.8 Å². The summed E-state index contributed by atoms with van der Waals surface area (Å²) in [5, 5.41) is 16.5. The van der Waals surface area contributed by atoms with Crippen LogP contribution in [0.2, 0.25) is 0 Å². The Labute approximate surface area is 185 Å². The number of β-amino-alcohol motifs (C(OH)–C–C–N with tert-alkyl or cyclic N) is 1. The molecule has 0 saturated carbocycles. The standard InChI is InChI=1S/C22H27FN4OS2/c1-16-10-20(30-25-21-13-29-15-24-21)18(23)11-19(16)26(2)22(28)8-9-27(14-22)12-17-6-4-3-5-7-17/h3-7,10-11,13,24-25,28H,8-9,12,14-15H2,1-2H3. The molecule has 8 heteroatoms. The molecule has 0 bridgehead atoms. The van der Waals surface area contributed by atoms with Crippen molar-refractivity contribution in [3.63, 3.8) is 0 Å². The predicted octanol–water partition coefficient (Wildman–Crippen LogP) is 3.85. The van der Waals surface area contributed by atoms with Gasteiger partial charge in [0.25, 0.3) is 0 Å². The van der Waals surface area contributed by atoms with E-state index in [1.165, 1.54) is 23.6 Å². The molecule has 1 fully saturated rings. The molecule has 1 saturated heterocycles. The number of halogens is 1. The smallest absolute Gasteiger partial charge is 0.151 e. The molecule has 1 atom stereocenters. The van der Waals surface area contributed by atoms with Crippen molar-refractivity contribution < 1.29 is 9.50 Å². The maximum atomic E-state index is 14.8. The summed E-state index contributed by atoms with van der Waals surface area (Å²) in [5.41, 5.74) is 1.86. The van der Waals surface area contributed by atoms with Crippen LogP contribution in [0.5, 0.6) is 0 Å². The van der Waals surface area contributed by atoms with E-state index in [1.807, 2.05) is 48.5 Å². The van der Waals surface area contributed by atoms with Gasteiger partial charge in [-0.2, -0.15) is 0 Å². The number of nitrogens with one attached hydrogen (secondary N) is 2. The summed E-state index contributed by atoms with van der Waals surface area (Å²) in [6.45, 7) is 4.08. The van der Waals surface area contributed by atoms with Crippen LogP contribution in [0.25, 0.3) is 0 Å². The first-order valence-corrected chi connectivity index (χ1v) is 11.8. The molecule has 2 heterocycles. The molecule has 0 spiro atoms. The molecular formula is C22H27FN4OS2. The van der Waals surface area contributed by atoms with Crippen LogP contribution < -0.4 is 14.9 Å². The predicted molar refractivity (Wildman–Crippen MR) is 123 cm³/mol. The van der Waals surface area contributed by atoms with Crippen molar-refractivity contribution in [3.05, 3.63) is 70.6 Å². The van der Waals surface area contributed by atoms with E-state index in [9.17, 15) is 9.50 Å². The average molecular weight is 447 g/mol. The first-order chi connectivity index (χ1) is 14.4. The van der Waals surface area contributed by atoms with Crippen LogP contribution in [-0.4, -0.2) is 41.7 Å². The lowest BCUT2D eigenvalue weighted by Crippen LogP contribution is -2.49. The third kappa shape index (κ3) is 4.72. The fourth-order valence-corrected chi connectivity index (χ4v) is 5.32. The molecule has 2 aromatic carbocycles. The summed E-state index contributed by atoms with van der Waals surface area (Å²) in [4.78, 5) is 4.61. The molecule has 2 aliphatic heterocycles. The van der Waals surface area contributed by atoms with Gasteiger partial charge in [-0.15, -0.1) is 11.8 Å². The number of benzene rings is 2. The zero-order chi connectivity index (χ0) is 21.1. The molecule has 4 rings (SSSR count). The molecule has 5 nitrogen and oxygen atoms in total. The molecule has 2 aromatic rings. The quantitative estimate of drug-likeness (QED) is 0.441. The summed E-state index contributed by atoms with van der Waals surface area (Å²) in [6, 6.07) is 13.6. The number of aliphatic hydroxyl groups is 1. The molecule has 0 amide bonds. The largest absolute Gasteiger partial charge is 0.369 e. The van der Waals surface area contributed by atoms with Gasteiger partial charge in [-0.25, -0.2) is 4.39 Å². The molecule has 3 N–H and O–H groups in total. The highest BCUT2D eigenvalue weighted by Crippen LogP contribution is 2.35. The van der Waals surface area contributed by atoms with Gasteiger partial charge in [0.15, 0.2) is 5.72 Å². The Balaban J connectivity index is 1.44. The Morgan fingerprint density at radius 3 is 2.87 bits per heavy atom. The highest BCUT2D eigenvalue weighted by atomic mass is 32.2. The van der Waals surface area contributed by atoms with Crippen LogP contribution in [0, 0.1) is 12.7 Å². The lowest BCUT2D eigenvalue weighted by atomic mass is 10.1. The fraction of sp³-hybridized carbons (Fsp3) is 0.364. The van der Waals surface area contributed by atoms with E-state index in [0.29, 0.717) is 17.9 Å². The lowest BCUT2D eigenvalue weighted by molar-refractivity contribution is 0.0494.